The number of rotatable bonds is 7. The second kappa shape index (κ2) is 7.43. The molecule has 1 fully saturated rings. The van der Waals surface area contributed by atoms with Gasteiger partial charge in [0, 0.05) is 30.9 Å². The number of hydrogen-bond acceptors (Lipinski definition) is 3. The van der Waals surface area contributed by atoms with Gasteiger partial charge in [-0.1, -0.05) is 20.3 Å². The predicted molar refractivity (Wildman–Crippen MR) is 86.7 cm³/mol. The Hall–Kier alpha value is -1.58. The van der Waals surface area contributed by atoms with E-state index in [1.54, 1.807) is 0 Å². The van der Waals surface area contributed by atoms with E-state index in [0.29, 0.717) is 6.04 Å². The standard InChI is InChI=1S/C17H27N3O/c1-4-7-14-11-13(12-16(19-14)18-10-5-2)17(21)20(3)15-8-6-9-15/h11-12,15H,4-10H2,1-3H3,(H,18,19). The minimum atomic E-state index is 0.124. The van der Waals surface area contributed by atoms with Gasteiger partial charge in [-0.2, -0.15) is 0 Å². The zero-order valence-electron chi connectivity index (χ0n) is 13.5. The highest BCUT2D eigenvalue weighted by molar-refractivity contribution is 5.95. The van der Waals surface area contributed by atoms with E-state index in [4.69, 9.17) is 0 Å². The topological polar surface area (TPSA) is 45.2 Å². The number of nitrogens with zero attached hydrogens (tertiary/aromatic N) is 2. The van der Waals surface area contributed by atoms with Crippen molar-refractivity contribution in [1.29, 1.82) is 0 Å². The molecule has 0 aromatic carbocycles. The Labute approximate surface area is 127 Å². The number of pyridine rings is 1. The summed E-state index contributed by atoms with van der Waals surface area (Å²) in [6, 6.07) is 4.28. The molecule has 1 heterocycles. The van der Waals surface area contributed by atoms with Gasteiger partial charge in [0.1, 0.15) is 5.82 Å². The van der Waals surface area contributed by atoms with Crippen molar-refractivity contribution < 1.29 is 4.79 Å². The van der Waals surface area contributed by atoms with Crippen LogP contribution >= 0.6 is 0 Å². The Kier molecular flexibility index (Phi) is 5.59. The first-order valence-electron chi connectivity index (χ1n) is 8.17. The van der Waals surface area contributed by atoms with Crippen LogP contribution in [0.3, 0.4) is 0 Å². The average Bonchev–Trinajstić information content (AvgIpc) is 2.42. The highest BCUT2D eigenvalue weighted by atomic mass is 16.2. The molecule has 0 radical (unpaired) electrons. The minimum absolute atomic E-state index is 0.124. The lowest BCUT2D eigenvalue weighted by molar-refractivity contribution is 0.0652. The monoisotopic (exact) mass is 289 g/mol. The second-order valence-electron chi connectivity index (χ2n) is 5.91. The van der Waals surface area contributed by atoms with Gasteiger partial charge in [-0.15, -0.1) is 0 Å². The molecule has 116 valence electrons. The number of amides is 1. The highest BCUT2D eigenvalue weighted by Gasteiger charge is 2.26. The molecule has 1 aliphatic rings. The zero-order valence-corrected chi connectivity index (χ0v) is 13.5. The van der Waals surface area contributed by atoms with Crippen LogP contribution in [-0.4, -0.2) is 35.4 Å². The summed E-state index contributed by atoms with van der Waals surface area (Å²) in [4.78, 5) is 19.1. The second-order valence-corrected chi connectivity index (χ2v) is 5.91. The van der Waals surface area contributed by atoms with Crippen LogP contribution in [0.2, 0.25) is 0 Å². The number of aromatic nitrogens is 1. The van der Waals surface area contributed by atoms with E-state index in [9.17, 15) is 4.79 Å². The summed E-state index contributed by atoms with van der Waals surface area (Å²) in [6.07, 6.45) is 6.51. The van der Waals surface area contributed by atoms with Gasteiger partial charge in [0.25, 0.3) is 5.91 Å². The van der Waals surface area contributed by atoms with E-state index in [1.807, 2.05) is 24.1 Å². The van der Waals surface area contributed by atoms with Gasteiger partial charge in [0.05, 0.1) is 0 Å². The van der Waals surface area contributed by atoms with Gasteiger partial charge in [-0.25, -0.2) is 4.98 Å². The van der Waals surface area contributed by atoms with E-state index in [1.165, 1.54) is 6.42 Å². The van der Waals surface area contributed by atoms with E-state index < -0.39 is 0 Å². The Morgan fingerprint density at radius 2 is 2.10 bits per heavy atom. The molecule has 0 saturated heterocycles. The number of carbonyl (C=O) groups excluding carboxylic acids is 1. The van der Waals surface area contributed by atoms with Gasteiger partial charge in [0.2, 0.25) is 0 Å². The first-order valence-corrected chi connectivity index (χ1v) is 8.17. The molecule has 0 atom stereocenters. The molecule has 0 bridgehead atoms. The fourth-order valence-electron chi connectivity index (χ4n) is 2.58. The quantitative estimate of drug-likeness (QED) is 0.836. The summed E-state index contributed by atoms with van der Waals surface area (Å²) in [5, 5.41) is 3.30. The normalized spacial score (nSPS) is 14.6. The molecule has 0 spiro atoms. The summed E-state index contributed by atoms with van der Waals surface area (Å²) in [7, 11) is 1.92. The summed E-state index contributed by atoms with van der Waals surface area (Å²) in [6.45, 7) is 5.14. The maximum Gasteiger partial charge on any atom is 0.254 e. The van der Waals surface area contributed by atoms with Crippen molar-refractivity contribution >= 4 is 11.7 Å². The third kappa shape index (κ3) is 3.96. The molecule has 2 rings (SSSR count). The number of anilines is 1. The average molecular weight is 289 g/mol. The Bertz CT molecular complexity index is 483. The van der Waals surface area contributed by atoms with Crippen molar-refractivity contribution in [3.63, 3.8) is 0 Å². The van der Waals surface area contributed by atoms with Crippen molar-refractivity contribution in [3.8, 4) is 0 Å². The van der Waals surface area contributed by atoms with Crippen LogP contribution in [0.1, 0.15) is 62.0 Å². The summed E-state index contributed by atoms with van der Waals surface area (Å²) in [5.41, 5.74) is 1.77. The van der Waals surface area contributed by atoms with Crippen LogP contribution in [0, 0.1) is 0 Å². The van der Waals surface area contributed by atoms with E-state index in [2.05, 4.69) is 24.1 Å². The summed E-state index contributed by atoms with van der Waals surface area (Å²) < 4.78 is 0. The van der Waals surface area contributed by atoms with Crippen LogP contribution in [0.15, 0.2) is 12.1 Å². The van der Waals surface area contributed by atoms with Gasteiger partial charge >= 0.3 is 0 Å². The first-order chi connectivity index (χ1) is 10.2. The maximum absolute atomic E-state index is 12.6. The molecule has 4 heteroatoms. The zero-order chi connectivity index (χ0) is 15.2. The van der Waals surface area contributed by atoms with Gasteiger partial charge < -0.3 is 10.2 Å². The van der Waals surface area contributed by atoms with Crippen molar-refractivity contribution in [2.45, 2.75) is 58.4 Å². The van der Waals surface area contributed by atoms with Crippen LogP contribution in [0.25, 0.3) is 0 Å². The van der Waals surface area contributed by atoms with Crippen LogP contribution < -0.4 is 5.32 Å². The predicted octanol–water partition coefficient (Wildman–Crippen LogP) is 3.48. The summed E-state index contributed by atoms with van der Waals surface area (Å²) >= 11 is 0. The molecule has 1 amide bonds. The van der Waals surface area contributed by atoms with Crippen LogP contribution in [0.4, 0.5) is 5.82 Å². The fraction of sp³-hybridized carbons (Fsp3) is 0.647. The molecular formula is C17H27N3O. The number of carbonyl (C=O) groups is 1. The lowest BCUT2D eigenvalue weighted by Gasteiger charge is -2.34. The molecule has 1 saturated carbocycles. The number of nitrogens with one attached hydrogen (secondary N) is 1. The van der Waals surface area contributed by atoms with Crippen LogP contribution in [-0.2, 0) is 6.42 Å². The lowest BCUT2D eigenvalue weighted by atomic mass is 9.91. The van der Waals surface area contributed by atoms with Gasteiger partial charge in [-0.05, 0) is 44.2 Å². The molecule has 1 aromatic heterocycles. The summed E-state index contributed by atoms with van der Waals surface area (Å²) in [5.74, 6) is 0.951. The minimum Gasteiger partial charge on any atom is -0.370 e. The molecule has 0 unspecified atom stereocenters. The van der Waals surface area contributed by atoms with Crippen LogP contribution in [0.5, 0.6) is 0 Å². The Morgan fingerprint density at radius 1 is 1.33 bits per heavy atom. The molecular weight excluding hydrogens is 262 g/mol. The van der Waals surface area contributed by atoms with E-state index in [0.717, 1.165) is 55.7 Å². The van der Waals surface area contributed by atoms with Crippen molar-refractivity contribution in [3.05, 3.63) is 23.4 Å². The molecule has 1 aromatic rings. The van der Waals surface area contributed by atoms with Crippen molar-refractivity contribution in [2.75, 3.05) is 18.9 Å². The van der Waals surface area contributed by atoms with Crippen molar-refractivity contribution in [2.24, 2.45) is 0 Å². The first kappa shape index (κ1) is 15.8. The molecule has 4 nitrogen and oxygen atoms in total. The Morgan fingerprint density at radius 3 is 2.67 bits per heavy atom. The fourth-order valence-corrected chi connectivity index (χ4v) is 2.58. The Balaban J connectivity index is 2.18. The number of hydrogen-bond donors (Lipinski definition) is 1. The number of aryl methyl sites for hydroxylation is 1. The third-order valence-corrected chi connectivity index (χ3v) is 4.13. The van der Waals surface area contributed by atoms with Gasteiger partial charge in [0.15, 0.2) is 0 Å². The largest absolute Gasteiger partial charge is 0.370 e. The van der Waals surface area contributed by atoms with E-state index >= 15 is 0 Å². The molecule has 0 aliphatic heterocycles. The highest BCUT2D eigenvalue weighted by Crippen LogP contribution is 2.25. The SMILES string of the molecule is CCCNc1cc(C(=O)N(C)C2CCC2)cc(CCC)n1. The van der Waals surface area contributed by atoms with Crippen molar-refractivity contribution in [1.82, 2.24) is 9.88 Å². The lowest BCUT2D eigenvalue weighted by Crippen LogP contribution is -2.41. The molecule has 1 aliphatic carbocycles. The molecule has 21 heavy (non-hydrogen) atoms. The third-order valence-electron chi connectivity index (χ3n) is 4.13. The van der Waals surface area contributed by atoms with E-state index in [-0.39, 0.29) is 5.91 Å². The van der Waals surface area contributed by atoms with Gasteiger partial charge in [-0.3, -0.25) is 4.79 Å². The smallest absolute Gasteiger partial charge is 0.254 e. The molecule has 1 N–H and O–H groups in total. The maximum atomic E-state index is 12.6.